The summed E-state index contributed by atoms with van der Waals surface area (Å²) in [6, 6.07) is 14.5. The van der Waals surface area contributed by atoms with Crippen molar-refractivity contribution in [3.8, 4) is 0 Å². The first-order valence-electron chi connectivity index (χ1n) is 8.71. The van der Waals surface area contributed by atoms with Crippen LogP contribution in [0, 0.1) is 5.92 Å². The van der Waals surface area contributed by atoms with Crippen molar-refractivity contribution in [3.63, 3.8) is 0 Å². The number of amides is 3. The Labute approximate surface area is 158 Å². The van der Waals surface area contributed by atoms with E-state index in [4.69, 9.17) is 11.6 Å². The lowest BCUT2D eigenvalue weighted by molar-refractivity contribution is -0.117. The molecule has 1 atom stereocenters. The second-order valence-corrected chi connectivity index (χ2v) is 7.00. The molecular formula is C20H22ClN3O2. The molecule has 2 aromatic rings. The van der Waals surface area contributed by atoms with Gasteiger partial charge in [-0.3, -0.25) is 4.79 Å². The minimum Gasteiger partial charge on any atom is -0.334 e. The van der Waals surface area contributed by atoms with Gasteiger partial charge in [0, 0.05) is 23.2 Å². The molecule has 1 aliphatic carbocycles. The standard InChI is InChI=1S/C20H22ClN3O2/c1-13(16-5-3-6-17(21)11-16)23-20(26)22-12-14-4-2-7-18(10-14)24-19(25)15-8-9-15/h2-7,10-11,13,15H,8-9,12H2,1H3,(H,24,25)(H2,22,23,26)/t13-/m0/s1. The van der Waals surface area contributed by atoms with Gasteiger partial charge in [-0.2, -0.15) is 0 Å². The van der Waals surface area contributed by atoms with Crippen LogP contribution in [0.1, 0.15) is 36.9 Å². The number of hydrogen-bond donors (Lipinski definition) is 3. The molecule has 0 aromatic heterocycles. The van der Waals surface area contributed by atoms with Gasteiger partial charge in [-0.15, -0.1) is 0 Å². The largest absolute Gasteiger partial charge is 0.334 e. The van der Waals surface area contributed by atoms with Gasteiger partial charge in [0.05, 0.1) is 6.04 Å². The molecule has 0 unspecified atom stereocenters. The van der Waals surface area contributed by atoms with E-state index in [0.717, 1.165) is 29.7 Å². The Morgan fingerprint density at radius 1 is 1.15 bits per heavy atom. The number of carbonyl (C=O) groups is 2. The van der Waals surface area contributed by atoms with Crippen LogP contribution in [-0.2, 0) is 11.3 Å². The monoisotopic (exact) mass is 371 g/mol. The van der Waals surface area contributed by atoms with Crippen molar-refractivity contribution in [3.05, 3.63) is 64.7 Å². The maximum Gasteiger partial charge on any atom is 0.315 e. The molecule has 3 amide bonds. The Bertz CT molecular complexity index is 805. The van der Waals surface area contributed by atoms with Crippen LogP contribution in [0.4, 0.5) is 10.5 Å². The van der Waals surface area contributed by atoms with E-state index in [1.165, 1.54) is 0 Å². The zero-order chi connectivity index (χ0) is 18.5. The predicted molar refractivity (Wildman–Crippen MR) is 103 cm³/mol. The first kappa shape index (κ1) is 18.3. The fourth-order valence-electron chi connectivity index (χ4n) is 2.64. The average molecular weight is 372 g/mol. The quantitative estimate of drug-likeness (QED) is 0.710. The van der Waals surface area contributed by atoms with Crippen molar-refractivity contribution in [2.75, 3.05) is 5.32 Å². The summed E-state index contributed by atoms with van der Waals surface area (Å²) >= 11 is 5.98. The van der Waals surface area contributed by atoms with Gasteiger partial charge in [-0.25, -0.2) is 4.79 Å². The third-order valence-corrected chi connectivity index (χ3v) is 4.53. The Morgan fingerprint density at radius 3 is 2.65 bits per heavy atom. The van der Waals surface area contributed by atoms with Gasteiger partial charge in [-0.05, 0) is 55.2 Å². The number of benzene rings is 2. The second kappa shape index (κ2) is 8.23. The highest BCUT2D eigenvalue weighted by Gasteiger charge is 2.29. The minimum atomic E-state index is -0.259. The molecule has 0 spiro atoms. The normalized spacial score (nSPS) is 14.4. The summed E-state index contributed by atoms with van der Waals surface area (Å²) < 4.78 is 0. The van der Waals surface area contributed by atoms with Crippen molar-refractivity contribution < 1.29 is 9.59 Å². The smallest absolute Gasteiger partial charge is 0.315 e. The second-order valence-electron chi connectivity index (χ2n) is 6.57. The molecule has 1 fully saturated rings. The van der Waals surface area contributed by atoms with Crippen LogP contribution in [0.2, 0.25) is 5.02 Å². The number of hydrogen-bond acceptors (Lipinski definition) is 2. The summed E-state index contributed by atoms with van der Waals surface area (Å²) in [5, 5.41) is 9.27. The van der Waals surface area contributed by atoms with Crippen molar-refractivity contribution in [1.82, 2.24) is 10.6 Å². The maximum absolute atomic E-state index is 12.1. The van der Waals surface area contributed by atoms with E-state index in [1.807, 2.05) is 49.4 Å². The number of rotatable bonds is 6. The highest BCUT2D eigenvalue weighted by Crippen LogP contribution is 2.30. The van der Waals surface area contributed by atoms with E-state index >= 15 is 0 Å². The third-order valence-electron chi connectivity index (χ3n) is 4.29. The molecule has 2 aromatic carbocycles. The highest BCUT2D eigenvalue weighted by atomic mass is 35.5. The molecule has 136 valence electrons. The van der Waals surface area contributed by atoms with Gasteiger partial charge in [0.15, 0.2) is 0 Å². The van der Waals surface area contributed by atoms with E-state index in [1.54, 1.807) is 6.07 Å². The molecule has 0 aliphatic heterocycles. The van der Waals surface area contributed by atoms with E-state index in [-0.39, 0.29) is 23.9 Å². The van der Waals surface area contributed by atoms with Gasteiger partial charge in [-0.1, -0.05) is 35.9 Å². The van der Waals surface area contributed by atoms with Crippen LogP contribution in [0.15, 0.2) is 48.5 Å². The van der Waals surface area contributed by atoms with Crippen LogP contribution in [0.3, 0.4) is 0 Å². The lowest BCUT2D eigenvalue weighted by atomic mass is 10.1. The SMILES string of the molecule is C[C@H](NC(=O)NCc1cccc(NC(=O)C2CC2)c1)c1cccc(Cl)c1. The molecule has 3 rings (SSSR count). The maximum atomic E-state index is 12.1. The van der Waals surface area contributed by atoms with Crippen molar-refractivity contribution in [1.29, 1.82) is 0 Å². The van der Waals surface area contributed by atoms with Gasteiger partial charge in [0.25, 0.3) is 0 Å². The molecule has 3 N–H and O–H groups in total. The molecule has 6 heteroatoms. The van der Waals surface area contributed by atoms with Crippen LogP contribution in [-0.4, -0.2) is 11.9 Å². The van der Waals surface area contributed by atoms with E-state index in [9.17, 15) is 9.59 Å². The van der Waals surface area contributed by atoms with Crippen molar-refractivity contribution in [2.24, 2.45) is 5.92 Å². The lowest BCUT2D eigenvalue weighted by Gasteiger charge is -2.15. The Morgan fingerprint density at radius 2 is 1.92 bits per heavy atom. The highest BCUT2D eigenvalue weighted by molar-refractivity contribution is 6.30. The first-order chi connectivity index (χ1) is 12.5. The summed E-state index contributed by atoms with van der Waals surface area (Å²) in [6.07, 6.45) is 1.94. The predicted octanol–water partition coefficient (Wildman–Crippen LogP) is 4.25. The number of carbonyl (C=O) groups excluding carboxylic acids is 2. The number of urea groups is 1. The van der Waals surface area contributed by atoms with Gasteiger partial charge < -0.3 is 16.0 Å². The van der Waals surface area contributed by atoms with Crippen molar-refractivity contribution in [2.45, 2.75) is 32.4 Å². The van der Waals surface area contributed by atoms with Crippen LogP contribution in [0.25, 0.3) is 0 Å². The van der Waals surface area contributed by atoms with Crippen LogP contribution in [0.5, 0.6) is 0 Å². The van der Waals surface area contributed by atoms with Crippen molar-refractivity contribution >= 4 is 29.2 Å². The van der Waals surface area contributed by atoms with Crippen LogP contribution >= 0.6 is 11.6 Å². The van der Waals surface area contributed by atoms with E-state index in [0.29, 0.717) is 11.6 Å². The summed E-state index contributed by atoms with van der Waals surface area (Å²) in [7, 11) is 0. The molecule has 1 saturated carbocycles. The lowest BCUT2D eigenvalue weighted by Crippen LogP contribution is -2.36. The third kappa shape index (κ3) is 5.23. The molecular weight excluding hydrogens is 350 g/mol. The summed E-state index contributed by atoms with van der Waals surface area (Å²) in [5.41, 5.74) is 2.62. The van der Waals surface area contributed by atoms with E-state index in [2.05, 4.69) is 16.0 Å². The van der Waals surface area contributed by atoms with Gasteiger partial charge in [0.2, 0.25) is 5.91 Å². The first-order valence-corrected chi connectivity index (χ1v) is 9.08. The average Bonchev–Trinajstić information content (AvgIpc) is 3.45. The minimum absolute atomic E-state index is 0.0724. The summed E-state index contributed by atoms with van der Waals surface area (Å²) in [5.74, 6) is 0.235. The van der Waals surface area contributed by atoms with Gasteiger partial charge >= 0.3 is 6.03 Å². The molecule has 0 heterocycles. The molecule has 0 radical (unpaired) electrons. The molecule has 0 saturated heterocycles. The van der Waals surface area contributed by atoms with Gasteiger partial charge in [0.1, 0.15) is 0 Å². The fraction of sp³-hybridized carbons (Fsp3) is 0.300. The Hall–Kier alpha value is -2.53. The Kier molecular flexibility index (Phi) is 5.78. The number of anilines is 1. The molecule has 1 aliphatic rings. The summed E-state index contributed by atoms with van der Waals surface area (Å²) in [4.78, 5) is 24.0. The zero-order valence-electron chi connectivity index (χ0n) is 14.6. The van der Waals surface area contributed by atoms with Crippen LogP contribution < -0.4 is 16.0 Å². The fourth-order valence-corrected chi connectivity index (χ4v) is 2.84. The molecule has 5 nitrogen and oxygen atoms in total. The summed E-state index contributed by atoms with van der Waals surface area (Å²) in [6.45, 7) is 2.28. The topological polar surface area (TPSA) is 70.2 Å². The van der Waals surface area contributed by atoms with E-state index < -0.39 is 0 Å². The molecule has 0 bridgehead atoms. The number of nitrogens with one attached hydrogen (secondary N) is 3. The zero-order valence-corrected chi connectivity index (χ0v) is 15.3. The Balaban J connectivity index is 1.50. The number of halogens is 1. The molecule has 26 heavy (non-hydrogen) atoms.